The zero-order valence-corrected chi connectivity index (χ0v) is 14.4. The van der Waals surface area contributed by atoms with Crippen LogP contribution in [0.2, 0.25) is 0 Å². The first kappa shape index (κ1) is 17.2. The molecule has 0 radical (unpaired) electrons. The molecule has 1 fully saturated rings. The van der Waals surface area contributed by atoms with E-state index in [0.29, 0.717) is 6.04 Å². The molecule has 1 aliphatic rings. The van der Waals surface area contributed by atoms with Crippen LogP contribution in [0.15, 0.2) is 35.2 Å². The summed E-state index contributed by atoms with van der Waals surface area (Å²) < 4.78 is 0. The Morgan fingerprint density at radius 1 is 1.36 bits per heavy atom. The van der Waals surface area contributed by atoms with Gasteiger partial charge in [0.15, 0.2) is 0 Å². The molecule has 0 saturated carbocycles. The lowest BCUT2D eigenvalue weighted by atomic mass is 10.0. The van der Waals surface area contributed by atoms with Crippen LogP contribution in [0.5, 0.6) is 0 Å². The fourth-order valence-corrected chi connectivity index (χ4v) is 3.61. The quantitative estimate of drug-likeness (QED) is 0.818. The highest BCUT2D eigenvalue weighted by molar-refractivity contribution is 7.99. The zero-order chi connectivity index (χ0) is 15.8. The van der Waals surface area contributed by atoms with Gasteiger partial charge in [0.25, 0.3) is 0 Å². The summed E-state index contributed by atoms with van der Waals surface area (Å²) in [6, 6.07) is 10.8. The van der Waals surface area contributed by atoms with Gasteiger partial charge in [0, 0.05) is 36.8 Å². The number of piperidine rings is 1. The van der Waals surface area contributed by atoms with E-state index in [9.17, 15) is 4.79 Å². The van der Waals surface area contributed by atoms with Gasteiger partial charge in [0.2, 0.25) is 0 Å². The van der Waals surface area contributed by atoms with Crippen molar-refractivity contribution in [3.05, 3.63) is 30.3 Å². The molecule has 1 aromatic carbocycles. The van der Waals surface area contributed by atoms with Crippen LogP contribution in [0, 0.1) is 0 Å². The standard InChI is InChI=1S/C17H27N3OS/c1-19-11-7-6-8-15(19)14-18-17(21)20(2)12-13-22-16-9-4-3-5-10-16/h3-5,9-10,15H,6-8,11-14H2,1-2H3,(H,18,21)/t15-/m0/s1. The largest absolute Gasteiger partial charge is 0.336 e. The van der Waals surface area contributed by atoms with Crippen LogP contribution in [0.25, 0.3) is 0 Å². The van der Waals surface area contributed by atoms with Gasteiger partial charge in [0.05, 0.1) is 0 Å². The van der Waals surface area contributed by atoms with Crippen LogP contribution in [-0.4, -0.2) is 61.4 Å². The fraction of sp³-hybridized carbons (Fsp3) is 0.588. The summed E-state index contributed by atoms with van der Waals surface area (Å²) >= 11 is 1.78. The van der Waals surface area contributed by atoms with E-state index in [1.54, 1.807) is 16.7 Å². The predicted octanol–water partition coefficient (Wildman–Crippen LogP) is 2.90. The van der Waals surface area contributed by atoms with E-state index >= 15 is 0 Å². The topological polar surface area (TPSA) is 35.6 Å². The number of carbonyl (C=O) groups excluding carboxylic acids is 1. The Hall–Kier alpha value is -1.20. The van der Waals surface area contributed by atoms with Crippen molar-refractivity contribution in [2.24, 2.45) is 0 Å². The number of rotatable bonds is 6. The molecule has 2 rings (SSSR count). The minimum Gasteiger partial charge on any atom is -0.336 e. The first-order valence-corrected chi connectivity index (χ1v) is 9.02. The number of likely N-dealkylation sites (tertiary alicyclic amines) is 1. The van der Waals surface area contributed by atoms with Gasteiger partial charge in [-0.15, -0.1) is 11.8 Å². The molecule has 122 valence electrons. The minimum absolute atomic E-state index is 0.0348. The number of benzene rings is 1. The average molecular weight is 321 g/mol. The number of thioether (sulfide) groups is 1. The minimum atomic E-state index is 0.0348. The SMILES string of the molecule is CN(CCSc1ccccc1)C(=O)NC[C@@H]1CCCCN1C. The van der Waals surface area contributed by atoms with Gasteiger partial charge >= 0.3 is 6.03 Å². The van der Waals surface area contributed by atoms with Gasteiger partial charge in [-0.05, 0) is 38.6 Å². The van der Waals surface area contributed by atoms with E-state index in [1.807, 2.05) is 25.2 Å². The summed E-state index contributed by atoms with van der Waals surface area (Å²) in [6.45, 7) is 2.65. The van der Waals surface area contributed by atoms with Gasteiger partial charge in [-0.2, -0.15) is 0 Å². The van der Waals surface area contributed by atoms with E-state index in [4.69, 9.17) is 0 Å². The molecule has 0 unspecified atom stereocenters. The molecular formula is C17H27N3OS. The maximum absolute atomic E-state index is 12.1. The summed E-state index contributed by atoms with van der Waals surface area (Å²) in [6.07, 6.45) is 3.73. The molecular weight excluding hydrogens is 294 g/mol. The predicted molar refractivity (Wildman–Crippen MR) is 93.5 cm³/mol. The third-order valence-corrected chi connectivity index (χ3v) is 5.19. The maximum atomic E-state index is 12.1. The number of urea groups is 1. The molecule has 4 nitrogen and oxygen atoms in total. The molecule has 2 amide bonds. The van der Waals surface area contributed by atoms with E-state index in [2.05, 4.69) is 29.4 Å². The molecule has 0 aromatic heterocycles. The van der Waals surface area contributed by atoms with Gasteiger partial charge in [-0.25, -0.2) is 4.79 Å². The van der Waals surface area contributed by atoms with Crippen molar-refractivity contribution in [1.29, 1.82) is 0 Å². The lowest BCUT2D eigenvalue weighted by Gasteiger charge is -2.33. The first-order valence-electron chi connectivity index (χ1n) is 8.04. The average Bonchev–Trinajstić information content (AvgIpc) is 2.54. The normalized spacial score (nSPS) is 18.9. The van der Waals surface area contributed by atoms with Crippen LogP contribution in [0.3, 0.4) is 0 Å². The molecule has 0 spiro atoms. The Labute approximate surface area is 138 Å². The summed E-state index contributed by atoms with van der Waals surface area (Å²) in [4.78, 5) is 17.5. The summed E-state index contributed by atoms with van der Waals surface area (Å²) in [7, 11) is 4.02. The second-order valence-electron chi connectivity index (χ2n) is 5.90. The van der Waals surface area contributed by atoms with Crippen molar-refractivity contribution < 1.29 is 4.79 Å². The Kier molecular flexibility index (Phi) is 7.06. The molecule has 1 aromatic rings. The second kappa shape index (κ2) is 9.06. The number of likely N-dealkylation sites (N-methyl/N-ethyl adjacent to an activating group) is 1. The van der Waals surface area contributed by atoms with Crippen molar-refractivity contribution >= 4 is 17.8 Å². The summed E-state index contributed by atoms with van der Waals surface area (Å²) in [5.74, 6) is 0.914. The smallest absolute Gasteiger partial charge is 0.317 e. The number of hydrogen-bond acceptors (Lipinski definition) is 3. The first-order chi connectivity index (χ1) is 10.7. The van der Waals surface area contributed by atoms with Crippen molar-refractivity contribution in [2.75, 3.05) is 39.5 Å². The molecule has 0 aliphatic carbocycles. The third kappa shape index (κ3) is 5.54. The second-order valence-corrected chi connectivity index (χ2v) is 7.07. The lowest BCUT2D eigenvalue weighted by molar-refractivity contribution is 0.173. The Bertz CT molecular complexity index is 454. The Balaban J connectivity index is 1.64. The van der Waals surface area contributed by atoms with Crippen LogP contribution in [0.1, 0.15) is 19.3 Å². The maximum Gasteiger partial charge on any atom is 0.317 e. The monoisotopic (exact) mass is 321 g/mol. The molecule has 22 heavy (non-hydrogen) atoms. The molecule has 1 heterocycles. The van der Waals surface area contributed by atoms with Gasteiger partial charge in [-0.3, -0.25) is 0 Å². The molecule has 1 aliphatic heterocycles. The zero-order valence-electron chi connectivity index (χ0n) is 13.6. The third-order valence-electron chi connectivity index (χ3n) is 4.20. The molecule has 1 atom stereocenters. The Morgan fingerprint density at radius 2 is 2.14 bits per heavy atom. The van der Waals surface area contributed by atoms with E-state index in [1.165, 1.54) is 24.2 Å². The Morgan fingerprint density at radius 3 is 2.86 bits per heavy atom. The molecule has 1 N–H and O–H groups in total. The highest BCUT2D eigenvalue weighted by Gasteiger charge is 2.19. The van der Waals surface area contributed by atoms with Crippen LogP contribution in [-0.2, 0) is 0 Å². The number of hydrogen-bond donors (Lipinski definition) is 1. The molecule has 1 saturated heterocycles. The van der Waals surface area contributed by atoms with Crippen molar-refractivity contribution in [2.45, 2.75) is 30.2 Å². The van der Waals surface area contributed by atoms with E-state index in [0.717, 1.165) is 25.4 Å². The van der Waals surface area contributed by atoms with Crippen molar-refractivity contribution in [3.63, 3.8) is 0 Å². The van der Waals surface area contributed by atoms with Crippen LogP contribution < -0.4 is 5.32 Å². The van der Waals surface area contributed by atoms with Crippen molar-refractivity contribution in [1.82, 2.24) is 15.1 Å². The van der Waals surface area contributed by atoms with Crippen LogP contribution >= 0.6 is 11.8 Å². The number of nitrogens with zero attached hydrogens (tertiary/aromatic N) is 2. The van der Waals surface area contributed by atoms with E-state index in [-0.39, 0.29) is 6.03 Å². The van der Waals surface area contributed by atoms with Gasteiger partial charge in [-0.1, -0.05) is 24.6 Å². The fourth-order valence-electron chi connectivity index (χ4n) is 2.66. The van der Waals surface area contributed by atoms with E-state index < -0.39 is 0 Å². The summed E-state index contributed by atoms with van der Waals surface area (Å²) in [5.41, 5.74) is 0. The number of carbonyl (C=O) groups is 1. The van der Waals surface area contributed by atoms with Crippen LogP contribution in [0.4, 0.5) is 4.79 Å². The highest BCUT2D eigenvalue weighted by Crippen LogP contribution is 2.17. The van der Waals surface area contributed by atoms with Crippen molar-refractivity contribution in [3.8, 4) is 0 Å². The van der Waals surface area contributed by atoms with Gasteiger partial charge in [0.1, 0.15) is 0 Å². The van der Waals surface area contributed by atoms with Gasteiger partial charge < -0.3 is 15.1 Å². The number of nitrogens with one attached hydrogen (secondary N) is 1. The highest BCUT2D eigenvalue weighted by atomic mass is 32.2. The molecule has 5 heteroatoms. The molecule has 0 bridgehead atoms. The number of amides is 2. The lowest BCUT2D eigenvalue weighted by Crippen LogP contribution is -2.47. The summed E-state index contributed by atoms with van der Waals surface area (Å²) in [5, 5.41) is 3.07.